The van der Waals surface area contributed by atoms with E-state index in [9.17, 15) is 5.11 Å². The van der Waals surface area contributed by atoms with Crippen molar-refractivity contribution in [1.29, 1.82) is 0 Å². The first-order valence-corrected chi connectivity index (χ1v) is 4.09. The van der Waals surface area contributed by atoms with Gasteiger partial charge >= 0.3 is 0 Å². The average Bonchev–Trinajstić information content (AvgIpc) is 2.16. The van der Waals surface area contributed by atoms with Crippen LogP contribution in [0.3, 0.4) is 0 Å². The van der Waals surface area contributed by atoms with Gasteiger partial charge in [-0.1, -0.05) is 0 Å². The van der Waals surface area contributed by atoms with Crippen LogP contribution in [0.1, 0.15) is 18.7 Å². The summed E-state index contributed by atoms with van der Waals surface area (Å²) >= 11 is 0. The molecule has 2 atom stereocenters. The summed E-state index contributed by atoms with van der Waals surface area (Å²) in [4.78, 5) is 4.06. The Morgan fingerprint density at radius 3 is 2.85 bits per heavy atom. The lowest BCUT2D eigenvalue weighted by molar-refractivity contribution is 0.160. The number of aromatic nitrogens is 1. The van der Waals surface area contributed by atoms with E-state index in [-0.39, 0.29) is 0 Å². The fourth-order valence-corrected chi connectivity index (χ4v) is 1.05. The van der Waals surface area contributed by atoms with Gasteiger partial charge in [0.1, 0.15) is 11.4 Å². The van der Waals surface area contributed by atoms with Crippen molar-refractivity contribution in [2.75, 3.05) is 7.11 Å². The van der Waals surface area contributed by atoms with Gasteiger partial charge < -0.3 is 15.6 Å². The van der Waals surface area contributed by atoms with Gasteiger partial charge in [-0.3, -0.25) is 4.98 Å². The largest absolute Gasteiger partial charge is 0.495 e. The van der Waals surface area contributed by atoms with Crippen LogP contribution in [0.25, 0.3) is 0 Å². The topological polar surface area (TPSA) is 68.4 Å². The summed E-state index contributed by atoms with van der Waals surface area (Å²) in [6.45, 7) is 1.62. The van der Waals surface area contributed by atoms with E-state index in [1.807, 2.05) is 0 Å². The van der Waals surface area contributed by atoms with Crippen LogP contribution in [-0.4, -0.2) is 23.3 Å². The Labute approximate surface area is 77.4 Å². The van der Waals surface area contributed by atoms with E-state index in [4.69, 9.17) is 10.5 Å². The van der Waals surface area contributed by atoms with Crippen molar-refractivity contribution in [2.24, 2.45) is 5.73 Å². The fourth-order valence-electron chi connectivity index (χ4n) is 1.05. The predicted octanol–water partition coefficient (Wildman–Crippen LogP) is 0.471. The Morgan fingerprint density at radius 1 is 1.62 bits per heavy atom. The maximum Gasteiger partial charge on any atom is 0.142 e. The molecular formula is C9H14N2O2. The second-order valence-corrected chi connectivity index (χ2v) is 2.86. The zero-order valence-electron chi connectivity index (χ0n) is 7.77. The molecular weight excluding hydrogens is 168 g/mol. The molecule has 0 aromatic carbocycles. The van der Waals surface area contributed by atoms with Gasteiger partial charge in [0.25, 0.3) is 0 Å². The van der Waals surface area contributed by atoms with Gasteiger partial charge in [-0.05, 0) is 19.1 Å². The molecule has 1 rings (SSSR count). The smallest absolute Gasteiger partial charge is 0.142 e. The molecule has 0 aliphatic heterocycles. The highest BCUT2D eigenvalue weighted by atomic mass is 16.5. The molecule has 4 nitrogen and oxygen atoms in total. The summed E-state index contributed by atoms with van der Waals surface area (Å²) in [6, 6.07) is 3.03. The molecule has 1 aromatic heterocycles. The zero-order valence-corrected chi connectivity index (χ0v) is 7.77. The first-order chi connectivity index (χ1) is 6.16. The second-order valence-electron chi connectivity index (χ2n) is 2.86. The quantitative estimate of drug-likeness (QED) is 0.713. The van der Waals surface area contributed by atoms with Crippen molar-refractivity contribution in [3.05, 3.63) is 24.0 Å². The number of nitrogens with two attached hydrogens (primary N) is 1. The standard InChI is InChI=1S/C9H14N2O2/c1-6(12)8(10)9-7(13-2)4-3-5-11-9/h3-6,8,12H,10H2,1-2H3. The molecule has 3 N–H and O–H groups in total. The molecule has 0 bridgehead atoms. The summed E-state index contributed by atoms with van der Waals surface area (Å²) in [5.74, 6) is 0.607. The molecule has 1 heterocycles. The highest BCUT2D eigenvalue weighted by Gasteiger charge is 2.17. The first kappa shape index (κ1) is 9.95. The Bertz CT molecular complexity index is 276. The minimum Gasteiger partial charge on any atom is -0.495 e. The highest BCUT2D eigenvalue weighted by molar-refractivity contribution is 5.29. The number of hydrogen-bond donors (Lipinski definition) is 2. The van der Waals surface area contributed by atoms with Gasteiger partial charge in [0.15, 0.2) is 0 Å². The maximum absolute atomic E-state index is 9.27. The van der Waals surface area contributed by atoms with Crippen molar-refractivity contribution >= 4 is 0 Å². The fraction of sp³-hybridized carbons (Fsp3) is 0.444. The van der Waals surface area contributed by atoms with Crippen LogP contribution < -0.4 is 10.5 Å². The second kappa shape index (κ2) is 4.20. The minimum atomic E-state index is -0.635. The van der Waals surface area contributed by atoms with Gasteiger partial charge in [-0.15, -0.1) is 0 Å². The first-order valence-electron chi connectivity index (χ1n) is 4.09. The monoisotopic (exact) mass is 182 g/mol. The average molecular weight is 182 g/mol. The third kappa shape index (κ3) is 2.17. The summed E-state index contributed by atoms with van der Waals surface area (Å²) in [5, 5.41) is 9.27. The molecule has 0 aliphatic carbocycles. The lowest BCUT2D eigenvalue weighted by Gasteiger charge is -2.16. The van der Waals surface area contributed by atoms with E-state index in [0.29, 0.717) is 11.4 Å². The summed E-state index contributed by atoms with van der Waals surface area (Å²) < 4.78 is 5.06. The molecule has 0 radical (unpaired) electrons. The lowest BCUT2D eigenvalue weighted by Crippen LogP contribution is -2.24. The Morgan fingerprint density at radius 2 is 2.31 bits per heavy atom. The summed E-state index contributed by atoms with van der Waals surface area (Å²) in [7, 11) is 1.55. The van der Waals surface area contributed by atoms with E-state index in [2.05, 4.69) is 4.98 Å². The third-order valence-corrected chi connectivity index (χ3v) is 1.86. The molecule has 72 valence electrons. The van der Waals surface area contributed by atoms with Crippen molar-refractivity contribution in [2.45, 2.75) is 19.1 Å². The molecule has 0 fully saturated rings. The lowest BCUT2D eigenvalue weighted by atomic mass is 10.1. The van der Waals surface area contributed by atoms with Crippen molar-refractivity contribution < 1.29 is 9.84 Å². The zero-order chi connectivity index (χ0) is 9.84. The number of methoxy groups -OCH3 is 1. The van der Waals surface area contributed by atoms with E-state index in [1.165, 1.54) is 0 Å². The van der Waals surface area contributed by atoms with Crippen molar-refractivity contribution in [3.63, 3.8) is 0 Å². The number of hydrogen-bond acceptors (Lipinski definition) is 4. The maximum atomic E-state index is 9.27. The number of aliphatic hydroxyl groups excluding tert-OH is 1. The molecule has 0 aliphatic rings. The molecule has 0 saturated carbocycles. The number of aliphatic hydroxyl groups is 1. The van der Waals surface area contributed by atoms with E-state index in [1.54, 1.807) is 32.4 Å². The van der Waals surface area contributed by atoms with E-state index < -0.39 is 12.1 Å². The van der Waals surface area contributed by atoms with Gasteiger partial charge in [-0.2, -0.15) is 0 Å². The van der Waals surface area contributed by atoms with Crippen molar-refractivity contribution in [3.8, 4) is 5.75 Å². The molecule has 0 amide bonds. The molecule has 4 heteroatoms. The SMILES string of the molecule is COc1cccnc1C(N)C(C)O. The van der Waals surface area contributed by atoms with Crippen molar-refractivity contribution in [1.82, 2.24) is 4.98 Å². The molecule has 2 unspecified atom stereocenters. The predicted molar refractivity (Wildman–Crippen MR) is 49.4 cm³/mol. The molecule has 0 saturated heterocycles. The number of pyridine rings is 1. The Kier molecular flexibility index (Phi) is 3.22. The van der Waals surface area contributed by atoms with Crippen LogP contribution in [0.5, 0.6) is 5.75 Å². The van der Waals surface area contributed by atoms with Gasteiger partial charge in [0.05, 0.1) is 19.3 Å². The van der Waals surface area contributed by atoms with E-state index >= 15 is 0 Å². The van der Waals surface area contributed by atoms with Crippen LogP contribution in [-0.2, 0) is 0 Å². The highest BCUT2D eigenvalue weighted by Crippen LogP contribution is 2.22. The number of nitrogens with zero attached hydrogens (tertiary/aromatic N) is 1. The van der Waals surface area contributed by atoms with Crippen LogP contribution in [0.2, 0.25) is 0 Å². The summed E-state index contributed by atoms with van der Waals surface area (Å²) in [6.07, 6.45) is 0.990. The minimum absolute atomic E-state index is 0.504. The third-order valence-electron chi connectivity index (χ3n) is 1.86. The number of ether oxygens (including phenoxy) is 1. The van der Waals surface area contributed by atoms with Gasteiger partial charge in [0.2, 0.25) is 0 Å². The molecule has 1 aromatic rings. The van der Waals surface area contributed by atoms with Gasteiger partial charge in [0, 0.05) is 6.20 Å². The van der Waals surface area contributed by atoms with Crippen LogP contribution in [0.4, 0.5) is 0 Å². The molecule has 13 heavy (non-hydrogen) atoms. The summed E-state index contributed by atoms with van der Waals surface area (Å²) in [5.41, 5.74) is 6.31. The Hall–Kier alpha value is -1.13. The van der Waals surface area contributed by atoms with Gasteiger partial charge in [-0.25, -0.2) is 0 Å². The van der Waals surface area contributed by atoms with Crippen LogP contribution >= 0.6 is 0 Å². The number of rotatable bonds is 3. The van der Waals surface area contributed by atoms with Crippen LogP contribution in [0.15, 0.2) is 18.3 Å². The van der Waals surface area contributed by atoms with E-state index in [0.717, 1.165) is 0 Å². The van der Waals surface area contributed by atoms with Crippen LogP contribution in [0, 0.1) is 0 Å². The molecule has 0 spiro atoms. The normalized spacial score (nSPS) is 15.1. The Balaban J connectivity index is 2.98.